The maximum absolute atomic E-state index is 12.6. The number of hydrogen-bond acceptors (Lipinski definition) is 5. The van der Waals surface area contributed by atoms with Crippen molar-refractivity contribution in [2.45, 2.75) is 0 Å². The van der Waals surface area contributed by atoms with Gasteiger partial charge in [0.15, 0.2) is 11.5 Å². The number of ether oxygens (including phenoxy) is 3. The fraction of sp³-hybridized carbons (Fsp3) is 0.143. The third-order valence-corrected chi connectivity index (χ3v) is 4.98. The number of halogens is 1. The van der Waals surface area contributed by atoms with Crippen molar-refractivity contribution in [2.24, 2.45) is 0 Å². The van der Waals surface area contributed by atoms with Gasteiger partial charge in [-0.2, -0.15) is 0 Å². The number of aromatic carboxylic acids is 1. The van der Waals surface area contributed by atoms with E-state index in [9.17, 15) is 14.7 Å². The van der Waals surface area contributed by atoms with E-state index in [1.54, 1.807) is 24.3 Å². The quantitative estimate of drug-likeness (QED) is 0.570. The number of hydrogen-bond donors (Lipinski definition) is 1. The second-order valence-corrected chi connectivity index (χ2v) is 6.74. The van der Waals surface area contributed by atoms with E-state index in [4.69, 9.17) is 14.2 Å². The number of benzene rings is 3. The number of carboxylic acid groups (broad SMARTS) is 1. The summed E-state index contributed by atoms with van der Waals surface area (Å²) >= 11 is 3.45. The molecule has 0 aliphatic rings. The smallest absolute Gasteiger partial charge is 0.339 e. The molecule has 6 nitrogen and oxygen atoms in total. The van der Waals surface area contributed by atoms with Crippen LogP contribution in [0.5, 0.6) is 11.5 Å². The molecule has 0 aliphatic carbocycles. The average Bonchev–Trinajstić information content (AvgIpc) is 2.70. The molecule has 0 saturated carbocycles. The summed E-state index contributed by atoms with van der Waals surface area (Å²) in [6.07, 6.45) is 0. The van der Waals surface area contributed by atoms with Crippen molar-refractivity contribution in [3.63, 3.8) is 0 Å². The molecule has 3 aromatic rings. The number of rotatable bonds is 5. The average molecular weight is 445 g/mol. The van der Waals surface area contributed by atoms with E-state index >= 15 is 0 Å². The lowest BCUT2D eigenvalue weighted by atomic mass is 9.89. The first kappa shape index (κ1) is 19.7. The molecule has 0 fully saturated rings. The molecule has 0 aromatic heterocycles. The van der Waals surface area contributed by atoms with Crippen LogP contribution in [0.3, 0.4) is 0 Å². The highest BCUT2D eigenvalue weighted by Gasteiger charge is 2.26. The van der Waals surface area contributed by atoms with Crippen LogP contribution >= 0.6 is 15.9 Å². The summed E-state index contributed by atoms with van der Waals surface area (Å²) < 4.78 is 16.3. The highest BCUT2D eigenvalue weighted by atomic mass is 79.9. The summed E-state index contributed by atoms with van der Waals surface area (Å²) in [5, 5.41) is 11.1. The first-order chi connectivity index (χ1) is 13.4. The molecule has 0 radical (unpaired) electrons. The Morgan fingerprint density at radius 2 is 1.71 bits per heavy atom. The summed E-state index contributed by atoms with van der Waals surface area (Å²) in [5.74, 6) is -1.02. The lowest BCUT2D eigenvalue weighted by Crippen LogP contribution is -2.12. The van der Waals surface area contributed by atoms with Crippen LogP contribution in [0.2, 0.25) is 0 Å². The Kier molecular flexibility index (Phi) is 5.56. The normalized spacial score (nSPS) is 10.6. The van der Waals surface area contributed by atoms with Gasteiger partial charge >= 0.3 is 11.9 Å². The zero-order valence-corrected chi connectivity index (χ0v) is 17.0. The molecule has 7 heteroatoms. The number of fused-ring (bicyclic) bond motifs is 1. The molecule has 0 saturated heterocycles. The number of esters is 1. The lowest BCUT2D eigenvalue weighted by molar-refractivity contribution is 0.0584. The summed E-state index contributed by atoms with van der Waals surface area (Å²) in [6, 6.07) is 12.2. The molecule has 1 N–H and O–H groups in total. The van der Waals surface area contributed by atoms with Crippen LogP contribution in [0, 0.1) is 0 Å². The molecule has 0 bridgehead atoms. The number of carboxylic acids is 1. The fourth-order valence-corrected chi connectivity index (χ4v) is 3.80. The van der Waals surface area contributed by atoms with E-state index in [0.29, 0.717) is 37.9 Å². The SMILES string of the molecule is COC(=O)c1c(C(=O)O)cc2ccccc2c1-c1cc(Br)c(OC)c(OC)c1. The molecular formula is C21H17BrO6. The van der Waals surface area contributed by atoms with Gasteiger partial charge in [-0.3, -0.25) is 0 Å². The molecule has 0 aliphatic heterocycles. The van der Waals surface area contributed by atoms with Crippen molar-refractivity contribution in [2.75, 3.05) is 21.3 Å². The molecule has 3 aromatic carbocycles. The van der Waals surface area contributed by atoms with Crippen LogP contribution in [0.15, 0.2) is 46.9 Å². The van der Waals surface area contributed by atoms with Crippen molar-refractivity contribution in [3.8, 4) is 22.6 Å². The second-order valence-electron chi connectivity index (χ2n) is 5.89. The third kappa shape index (κ3) is 3.29. The van der Waals surface area contributed by atoms with Gasteiger partial charge in [-0.25, -0.2) is 9.59 Å². The van der Waals surface area contributed by atoms with Crippen LogP contribution in [0.1, 0.15) is 20.7 Å². The maximum atomic E-state index is 12.6. The van der Waals surface area contributed by atoms with E-state index in [0.717, 1.165) is 0 Å². The Hall–Kier alpha value is -3.06. The topological polar surface area (TPSA) is 82.1 Å². The van der Waals surface area contributed by atoms with Gasteiger partial charge < -0.3 is 19.3 Å². The Bertz CT molecular complexity index is 1090. The molecule has 0 amide bonds. The van der Waals surface area contributed by atoms with Gasteiger partial charge in [0.25, 0.3) is 0 Å². The van der Waals surface area contributed by atoms with Crippen molar-refractivity contribution in [1.82, 2.24) is 0 Å². The highest BCUT2D eigenvalue weighted by Crippen LogP contribution is 2.43. The predicted molar refractivity (Wildman–Crippen MR) is 108 cm³/mol. The van der Waals surface area contributed by atoms with Gasteiger partial charge in [-0.15, -0.1) is 0 Å². The summed E-state index contributed by atoms with van der Waals surface area (Å²) in [4.78, 5) is 24.5. The van der Waals surface area contributed by atoms with Gasteiger partial charge in [0.1, 0.15) is 0 Å². The van der Waals surface area contributed by atoms with Gasteiger partial charge in [-0.1, -0.05) is 24.3 Å². The van der Waals surface area contributed by atoms with Crippen LogP contribution in [0.4, 0.5) is 0 Å². The summed E-state index contributed by atoms with van der Waals surface area (Å²) in [5.41, 5.74) is 0.882. The number of carbonyl (C=O) groups excluding carboxylic acids is 1. The molecule has 3 rings (SSSR count). The van der Waals surface area contributed by atoms with Crippen LogP contribution < -0.4 is 9.47 Å². The third-order valence-electron chi connectivity index (χ3n) is 4.39. The predicted octanol–water partition coefficient (Wildman–Crippen LogP) is 4.77. The van der Waals surface area contributed by atoms with Crippen LogP contribution in [-0.2, 0) is 4.74 Å². The minimum atomic E-state index is -1.22. The van der Waals surface area contributed by atoms with Crippen molar-refractivity contribution in [1.29, 1.82) is 0 Å². The fourth-order valence-electron chi connectivity index (χ4n) is 3.19. The number of carbonyl (C=O) groups is 2. The Morgan fingerprint density at radius 3 is 2.32 bits per heavy atom. The van der Waals surface area contributed by atoms with Gasteiger partial charge in [0.05, 0.1) is 36.9 Å². The zero-order valence-electron chi connectivity index (χ0n) is 15.4. The summed E-state index contributed by atoms with van der Waals surface area (Å²) in [6.45, 7) is 0. The minimum absolute atomic E-state index is 0.0205. The Labute approximate surface area is 169 Å². The number of methoxy groups -OCH3 is 3. The Balaban J connectivity index is 2.50. The highest BCUT2D eigenvalue weighted by molar-refractivity contribution is 9.10. The van der Waals surface area contributed by atoms with Gasteiger partial charge in [0.2, 0.25) is 0 Å². The van der Waals surface area contributed by atoms with E-state index in [-0.39, 0.29) is 11.1 Å². The van der Waals surface area contributed by atoms with Gasteiger partial charge in [-0.05, 0) is 50.5 Å². The maximum Gasteiger partial charge on any atom is 0.339 e. The molecule has 0 heterocycles. The molecule has 144 valence electrons. The standard InChI is InChI=1S/C21H17BrO6/c1-26-16-10-12(9-15(22)19(16)27-2)17-13-7-5-4-6-11(13)8-14(20(23)24)18(17)21(25)28-3/h4-10H,1-3H3,(H,23,24). The lowest BCUT2D eigenvalue weighted by Gasteiger charge is -2.17. The molecule has 0 unspecified atom stereocenters. The first-order valence-corrected chi connectivity index (χ1v) is 9.01. The second kappa shape index (κ2) is 7.90. The first-order valence-electron chi connectivity index (χ1n) is 8.22. The monoisotopic (exact) mass is 444 g/mol. The van der Waals surface area contributed by atoms with E-state index in [1.807, 2.05) is 12.1 Å². The Morgan fingerprint density at radius 1 is 1.00 bits per heavy atom. The van der Waals surface area contributed by atoms with E-state index < -0.39 is 11.9 Å². The molecule has 28 heavy (non-hydrogen) atoms. The van der Waals surface area contributed by atoms with Crippen LogP contribution in [0.25, 0.3) is 21.9 Å². The molecule has 0 spiro atoms. The zero-order chi connectivity index (χ0) is 20.4. The van der Waals surface area contributed by atoms with Crippen molar-refractivity contribution < 1.29 is 28.9 Å². The van der Waals surface area contributed by atoms with Gasteiger partial charge in [0, 0.05) is 5.56 Å². The largest absolute Gasteiger partial charge is 0.493 e. The minimum Gasteiger partial charge on any atom is -0.493 e. The van der Waals surface area contributed by atoms with Crippen molar-refractivity contribution >= 4 is 38.6 Å². The van der Waals surface area contributed by atoms with Crippen molar-refractivity contribution in [3.05, 3.63) is 58.1 Å². The van der Waals surface area contributed by atoms with E-state index in [2.05, 4.69) is 15.9 Å². The molecular weight excluding hydrogens is 428 g/mol. The van der Waals surface area contributed by atoms with Crippen LogP contribution in [-0.4, -0.2) is 38.4 Å². The summed E-state index contributed by atoms with van der Waals surface area (Å²) in [7, 11) is 4.24. The van der Waals surface area contributed by atoms with E-state index in [1.165, 1.54) is 27.4 Å². The molecule has 0 atom stereocenters.